The second-order valence-corrected chi connectivity index (χ2v) is 11.2. The fourth-order valence-electron chi connectivity index (χ4n) is 1.54. The molecule has 1 aliphatic heterocycles. The van der Waals surface area contributed by atoms with Crippen molar-refractivity contribution in [1.29, 1.82) is 0 Å². The summed E-state index contributed by atoms with van der Waals surface area (Å²) < 4.78 is 10.9. The molecule has 0 amide bonds. The average Bonchev–Trinajstić information content (AvgIpc) is 2.37. The van der Waals surface area contributed by atoms with Gasteiger partial charge >= 0.3 is 5.97 Å². The first-order chi connectivity index (χ1) is 9.60. The average molecular weight is 311 g/mol. The summed E-state index contributed by atoms with van der Waals surface area (Å²) in [5.74, 6) is -0.983. The van der Waals surface area contributed by atoms with E-state index >= 15 is 0 Å². The Hall–Kier alpha value is -1.56. The van der Waals surface area contributed by atoms with Crippen LogP contribution in [-0.4, -0.2) is 32.7 Å². The number of Topliss-reactive ketones (excluding diaryl/α,β-unsaturated/α-hetero) is 1. The molecule has 0 saturated carbocycles. The van der Waals surface area contributed by atoms with Crippen molar-refractivity contribution >= 4 is 20.1 Å². The molecule has 0 radical (unpaired) electrons. The minimum Gasteiger partial charge on any atom is -0.545 e. The highest BCUT2D eigenvalue weighted by atomic mass is 28.4. The quantitative estimate of drug-likeness (QED) is 0.480. The third-order valence-corrected chi connectivity index (χ3v) is 8.18. The zero-order valence-electron chi connectivity index (χ0n) is 13.6. The summed E-state index contributed by atoms with van der Waals surface area (Å²) in [6, 6.07) is -0.803. The number of esters is 1. The van der Waals surface area contributed by atoms with Crippen LogP contribution in [0.25, 0.3) is 0 Å². The summed E-state index contributed by atoms with van der Waals surface area (Å²) in [4.78, 5) is 23.8. The van der Waals surface area contributed by atoms with Gasteiger partial charge in [0.05, 0.1) is 6.61 Å². The summed E-state index contributed by atoms with van der Waals surface area (Å²) in [6.45, 7) is 12.4. The van der Waals surface area contributed by atoms with Gasteiger partial charge in [0.1, 0.15) is 5.76 Å². The fraction of sp³-hybridized carbons (Fsp3) is 0.600. The van der Waals surface area contributed by atoms with Crippen molar-refractivity contribution in [2.75, 3.05) is 6.61 Å². The summed E-state index contributed by atoms with van der Waals surface area (Å²) in [7, 11) is -2.08. The third kappa shape index (κ3) is 4.20. The van der Waals surface area contributed by atoms with E-state index in [1.807, 2.05) is 0 Å². The Bertz CT molecular complexity index is 475. The molecule has 21 heavy (non-hydrogen) atoms. The van der Waals surface area contributed by atoms with Gasteiger partial charge in [-0.05, 0) is 43.4 Å². The summed E-state index contributed by atoms with van der Waals surface area (Å²) >= 11 is 0. The Morgan fingerprint density at radius 1 is 1.33 bits per heavy atom. The van der Waals surface area contributed by atoms with Crippen molar-refractivity contribution in [2.24, 2.45) is 0 Å². The van der Waals surface area contributed by atoms with Crippen LogP contribution in [0.1, 0.15) is 27.7 Å². The molecule has 0 bridgehead atoms. The summed E-state index contributed by atoms with van der Waals surface area (Å²) in [5.41, 5.74) is 0. The van der Waals surface area contributed by atoms with Crippen LogP contribution < -0.4 is 5.32 Å². The summed E-state index contributed by atoms with van der Waals surface area (Å²) in [5, 5.41) is 2.89. The lowest BCUT2D eigenvalue weighted by atomic mass is 10.1. The molecule has 1 N–H and O–H groups in total. The molecule has 0 saturated heterocycles. The van der Waals surface area contributed by atoms with Gasteiger partial charge in [-0.3, -0.25) is 4.79 Å². The molecule has 0 aromatic heterocycles. The van der Waals surface area contributed by atoms with Crippen LogP contribution in [0.3, 0.4) is 0 Å². The first-order valence-electron chi connectivity index (χ1n) is 7.13. The molecule has 0 aromatic carbocycles. The van der Waals surface area contributed by atoms with Crippen LogP contribution in [0.15, 0.2) is 24.1 Å². The molecule has 1 heterocycles. The maximum Gasteiger partial charge on any atom is 0.377 e. The SMILES string of the molecule is CCOC(=O)C(=O)C1NC=CC=C1O[Si](C)(C)C(C)(C)C. The maximum absolute atomic E-state index is 12.2. The molecule has 0 spiro atoms. The third-order valence-electron chi connectivity index (χ3n) is 3.82. The number of hydrogen-bond donors (Lipinski definition) is 1. The first kappa shape index (κ1) is 17.5. The smallest absolute Gasteiger partial charge is 0.377 e. The molecule has 1 rings (SSSR count). The number of rotatable bonds is 5. The van der Waals surface area contributed by atoms with Gasteiger partial charge in [0.2, 0.25) is 8.32 Å². The van der Waals surface area contributed by atoms with Gasteiger partial charge in [0.15, 0.2) is 6.04 Å². The van der Waals surface area contributed by atoms with Crippen molar-refractivity contribution in [3.63, 3.8) is 0 Å². The van der Waals surface area contributed by atoms with Crippen LogP contribution >= 0.6 is 0 Å². The van der Waals surface area contributed by atoms with E-state index in [-0.39, 0.29) is 11.6 Å². The van der Waals surface area contributed by atoms with E-state index in [2.05, 4.69) is 39.2 Å². The lowest BCUT2D eigenvalue weighted by Gasteiger charge is -2.39. The second-order valence-electron chi connectivity index (χ2n) is 6.47. The lowest BCUT2D eigenvalue weighted by molar-refractivity contribution is -0.154. The molecular weight excluding hydrogens is 286 g/mol. The standard InChI is InChI=1S/C15H25NO4Si/c1-7-19-14(18)13(17)12-11(9-8-10-16-12)20-21(5,6)15(2,3)4/h8-10,12,16H,7H2,1-6H3. The molecule has 1 aliphatic rings. The summed E-state index contributed by atoms with van der Waals surface area (Å²) in [6.07, 6.45) is 5.12. The van der Waals surface area contributed by atoms with E-state index in [9.17, 15) is 9.59 Å². The molecule has 118 valence electrons. The molecule has 0 fully saturated rings. The molecular formula is C15H25NO4Si. The van der Waals surface area contributed by atoms with E-state index in [0.717, 1.165) is 0 Å². The van der Waals surface area contributed by atoms with E-state index < -0.39 is 26.1 Å². The topological polar surface area (TPSA) is 64.6 Å². The van der Waals surface area contributed by atoms with Crippen molar-refractivity contribution in [3.8, 4) is 0 Å². The fourth-order valence-corrected chi connectivity index (χ4v) is 2.62. The molecule has 1 atom stereocenters. The van der Waals surface area contributed by atoms with Gasteiger partial charge in [-0.25, -0.2) is 4.79 Å². The zero-order valence-corrected chi connectivity index (χ0v) is 14.6. The van der Waals surface area contributed by atoms with E-state index in [0.29, 0.717) is 5.76 Å². The number of dihydropyridines is 1. The van der Waals surface area contributed by atoms with Gasteiger partial charge in [0, 0.05) is 0 Å². The Balaban J connectivity index is 2.93. The highest BCUT2D eigenvalue weighted by Crippen LogP contribution is 2.38. The van der Waals surface area contributed by atoms with E-state index in [4.69, 9.17) is 9.16 Å². The monoisotopic (exact) mass is 311 g/mol. The minimum atomic E-state index is -2.08. The Morgan fingerprint density at radius 3 is 2.48 bits per heavy atom. The number of allylic oxidation sites excluding steroid dienone is 2. The highest BCUT2D eigenvalue weighted by Gasteiger charge is 2.42. The van der Waals surface area contributed by atoms with Gasteiger partial charge in [-0.1, -0.05) is 20.8 Å². The van der Waals surface area contributed by atoms with Crippen LogP contribution in [-0.2, 0) is 18.8 Å². The highest BCUT2D eigenvalue weighted by molar-refractivity contribution is 6.74. The van der Waals surface area contributed by atoms with Crippen LogP contribution in [0.4, 0.5) is 0 Å². The lowest BCUT2D eigenvalue weighted by Crippen LogP contribution is -2.47. The molecule has 5 nitrogen and oxygen atoms in total. The van der Waals surface area contributed by atoms with Gasteiger partial charge in [-0.15, -0.1) is 0 Å². The molecule has 6 heteroatoms. The van der Waals surface area contributed by atoms with E-state index in [1.54, 1.807) is 25.3 Å². The number of ketones is 1. The predicted molar refractivity (Wildman–Crippen MR) is 84.1 cm³/mol. The van der Waals surface area contributed by atoms with Gasteiger partial charge < -0.3 is 14.5 Å². The number of ether oxygens (including phenoxy) is 1. The number of carbonyl (C=O) groups excluding carboxylic acids is 2. The van der Waals surface area contributed by atoms with Crippen molar-refractivity contribution in [1.82, 2.24) is 5.32 Å². The number of hydrogen-bond acceptors (Lipinski definition) is 5. The van der Waals surface area contributed by atoms with Crippen LogP contribution in [0.2, 0.25) is 18.1 Å². The second kappa shape index (κ2) is 6.47. The largest absolute Gasteiger partial charge is 0.545 e. The van der Waals surface area contributed by atoms with Gasteiger partial charge in [0.25, 0.3) is 5.78 Å². The minimum absolute atomic E-state index is 0.00647. The van der Waals surface area contributed by atoms with Crippen molar-refractivity contribution < 1.29 is 18.8 Å². The molecule has 1 unspecified atom stereocenters. The Morgan fingerprint density at radius 2 is 1.95 bits per heavy atom. The number of carbonyl (C=O) groups is 2. The maximum atomic E-state index is 12.2. The van der Waals surface area contributed by atoms with Crippen molar-refractivity contribution in [2.45, 2.75) is 51.9 Å². The molecule has 0 aromatic rings. The first-order valence-corrected chi connectivity index (χ1v) is 10.0. The van der Waals surface area contributed by atoms with E-state index in [1.165, 1.54) is 0 Å². The molecule has 0 aliphatic carbocycles. The van der Waals surface area contributed by atoms with Crippen molar-refractivity contribution in [3.05, 3.63) is 24.1 Å². The van der Waals surface area contributed by atoms with Crippen LogP contribution in [0, 0.1) is 0 Å². The normalized spacial score (nSPS) is 18.6. The Labute approximate surface area is 127 Å². The van der Waals surface area contributed by atoms with Crippen LogP contribution in [0.5, 0.6) is 0 Å². The zero-order chi connectivity index (χ0) is 16.3. The predicted octanol–water partition coefficient (Wildman–Crippen LogP) is 2.51. The number of nitrogens with one attached hydrogen (secondary N) is 1. The Kier molecular flexibility index (Phi) is 5.39. The van der Waals surface area contributed by atoms with Gasteiger partial charge in [-0.2, -0.15) is 0 Å².